The van der Waals surface area contributed by atoms with Crippen LogP contribution in [-0.2, 0) is 4.79 Å². The van der Waals surface area contributed by atoms with Gasteiger partial charge >= 0.3 is 5.97 Å². The Morgan fingerprint density at radius 2 is 1.65 bits per heavy atom. The number of fused-ring (bicyclic) bond motifs is 1. The Bertz CT molecular complexity index is 873. The molecule has 0 aliphatic rings. The molecule has 0 aliphatic carbocycles. The van der Waals surface area contributed by atoms with E-state index in [-0.39, 0.29) is 0 Å². The van der Waals surface area contributed by atoms with E-state index in [9.17, 15) is 4.79 Å². The summed E-state index contributed by atoms with van der Waals surface area (Å²) in [6, 6.07) is 17.0. The standard InChI is InChI=1S/C16H12N2O2S.C2H6/c1-11(19)20-18-15(12-7-3-2-4-8-12)17-14-10-6-5-9-13(14)16(18)21;1-2/h2-10H,1H3;1-2H3. The second-order valence-electron chi connectivity index (χ2n) is 4.50. The third-order valence-electron chi connectivity index (χ3n) is 2.99. The van der Waals surface area contributed by atoms with Gasteiger partial charge in [-0.3, -0.25) is 0 Å². The van der Waals surface area contributed by atoms with Crippen molar-refractivity contribution < 1.29 is 9.63 Å². The maximum absolute atomic E-state index is 11.4. The van der Waals surface area contributed by atoms with Crippen LogP contribution in [0.4, 0.5) is 0 Å². The topological polar surface area (TPSA) is 44.1 Å². The van der Waals surface area contributed by atoms with Crippen LogP contribution in [0.15, 0.2) is 54.6 Å². The second kappa shape index (κ2) is 7.65. The minimum Gasteiger partial charge on any atom is -0.334 e. The molecule has 3 aromatic rings. The van der Waals surface area contributed by atoms with E-state index >= 15 is 0 Å². The van der Waals surface area contributed by atoms with Crippen LogP contribution >= 0.6 is 12.2 Å². The number of aromatic nitrogens is 2. The summed E-state index contributed by atoms with van der Waals surface area (Å²) in [5, 5.41) is 0.772. The Kier molecular flexibility index (Phi) is 5.60. The molecule has 5 heteroatoms. The number of para-hydroxylation sites is 1. The van der Waals surface area contributed by atoms with Crippen LogP contribution in [0, 0.1) is 4.64 Å². The van der Waals surface area contributed by atoms with Crippen LogP contribution in [0.2, 0.25) is 0 Å². The Morgan fingerprint density at radius 1 is 1.04 bits per heavy atom. The van der Waals surface area contributed by atoms with Gasteiger partial charge in [-0.15, -0.1) is 4.73 Å². The van der Waals surface area contributed by atoms with Gasteiger partial charge in [0.05, 0.1) is 5.52 Å². The molecular formula is C18H18N2O2S. The molecule has 0 atom stereocenters. The molecule has 0 fully saturated rings. The lowest BCUT2D eigenvalue weighted by Crippen LogP contribution is -2.20. The average molecular weight is 326 g/mol. The van der Waals surface area contributed by atoms with Crippen molar-refractivity contribution >= 4 is 29.1 Å². The molecule has 0 aliphatic heterocycles. The van der Waals surface area contributed by atoms with Crippen LogP contribution in [0.3, 0.4) is 0 Å². The van der Waals surface area contributed by atoms with Crippen molar-refractivity contribution in [1.82, 2.24) is 9.71 Å². The summed E-state index contributed by atoms with van der Waals surface area (Å²) in [4.78, 5) is 21.2. The molecule has 1 aromatic heterocycles. The molecule has 2 aromatic carbocycles. The van der Waals surface area contributed by atoms with Gasteiger partial charge in [0, 0.05) is 17.9 Å². The lowest BCUT2D eigenvalue weighted by Gasteiger charge is -2.13. The fourth-order valence-corrected chi connectivity index (χ4v) is 2.40. The predicted molar refractivity (Wildman–Crippen MR) is 94.6 cm³/mol. The van der Waals surface area contributed by atoms with Gasteiger partial charge in [0.25, 0.3) is 0 Å². The lowest BCUT2D eigenvalue weighted by molar-refractivity contribution is -0.141. The number of carbonyl (C=O) groups is 1. The molecule has 0 saturated heterocycles. The molecule has 0 amide bonds. The van der Waals surface area contributed by atoms with Gasteiger partial charge in [-0.1, -0.05) is 68.5 Å². The van der Waals surface area contributed by atoms with Crippen molar-refractivity contribution in [2.45, 2.75) is 20.8 Å². The summed E-state index contributed by atoms with van der Waals surface area (Å²) < 4.78 is 1.74. The molecule has 23 heavy (non-hydrogen) atoms. The highest BCUT2D eigenvalue weighted by Gasteiger charge is 2.12. The lowest BCUT2D eigenvalue weighted by atomic mass is 10.2. The maximum atomic E-state index is 11.4. The number of rotatable bonds is 2. The van der Waals surface area contributed by atoms with Gasteiger partial charge in [0.2, 0.25) is 0 Å². The van der Waals surface area contributed by atoms with E-state index in [0.717, 1.165) is 16.5 Å². The minimum atomic E-state index is -0.444. The van der Waals surface area contributed by atoms with E-state index in [0.29, 0.717) is 10.5 Å². The summed E-state index contributed by atoms with van der Waals surface area (Å²) >= 11 is 5.45. The van der Waals surface area contributed by atoms with Crippen molar-refractivity contribution in [3.05, 3.63) is 59.2 Å². The zero-order valence-electron chi connectivity index (χ0n) is 13.3. The van der Waals surface area contributed by atoms with E-state index in [2.05, 4.69) is 4.98 Å². The number of nitrogens with zero attached hydrogens (tertiary/aromatic N) is 2. The molecule has 1 heterocycles. The molecule has 0 spiro atoms. The summed E-state index contributed by atoms with van der Waals surface area (Å²) in [6.07, 6.45) is 0. The molecule has 4 nitrogen and oxygen atoms in total. The fourth-order valence-electron chi connectivity index (χ4n) is 2.10. The van der Waals surface area contributed by atoms with Crippen LogP contribution in [-0.4, -0.2) is 15.7 Å². The molecule has 0 N–H and O–H groups in total. The molecule has 0 unspecified atom stereocenters. The zero-order chi connectivity index (χ0) is 16.8. The van der Waals surface area contributed by atoms with Crippen molar-refractivity contribution in [2.24, 2.45) is 0 Å². The zero-order valence-corrected chi connectivity index (χ0v) is 14.1. The van der Waals surface area contributed by atoms with Crippen LogP contribution in [0.1, 0.15) is 20.8 Å². The van der Waals surface area contributed by atoms with Gasteiger partial charge in [0.1, 0.15) is 0 Å². The van der Waals surface area contributed by atoms with Gasteiger partial charge in [-0.05, 0) is 12.1 Å². The highest BCUT2D eigenvalue weighted by molar-refractivity contribution is 7.71. The Morgan fingerprint density at radius 3 is 2.30 bits per heavy atom. The van der Waals surface area contributed by atoms with Crippen molar-refractivity contribution in [3.63, 3.8) is 0 Å². The Labute approximate surface area is 140 Å². The minimum absolute atomic E-state index is 0.426. The smallest absolute Gasteiger partial charge is 0.330 e. The SMILES string of the molecule is CC.CC(=O)On1c(-c2ccccc2)nc2ccccc2c1=S. The highest BCUT2D eigenvalue weighted by atomic mass is 32.1. The van der Waals surface area contributed by atoms with E-state index in [1.807, 2.05) is 68.4 Å². The van der Waals surface area contributed by atoms with Gasteiger partial charge in [-0.2, -0.15) is 0 Å². The van der Waals surface area contributed by atoms with Crippen molar-refractivity contribution in [3.8, 4) is 11.4 Å². The number of benzene rings is 2. The highest BCUT2D eigenvalue weighted by Crippen LogP contribution is 2.22. The fraction of sp³-hybridized carbons (Fsp3) is 0.167. The van der Waals surface area contributed by atoms with E-state index in [4.69, 9.17) is 17.1 Å². The van der Waals surface area contributed by atoms with E-state index < -0.39 is 5.97 Å². The van der Waals surface area contributed by atoms with Crippen molar-refractivity contribution in [2.75, 3.05) is 0 Å². The summed E-state index contributed by atoms with van der Waals surface area (Å²) in [6.45, 7) is 5.34. The Hall–Kier alpha value is -2.53. The third-order valence-corrected chi connectivity index (χ3v) is 3.38. The number of hydrogen-bond donors (Lipinski definition) is 0. The predicted octanol–water partition coefficient (Wildman–Crippen LogP) is 4.43. The molecule has 0 bridgehead atoms. The molecule has 3 rings (SSSR count). The number of hydrogen-bond acceptors (Lipinski definition) is 4. The first-order chi connectivity index (χ1) is 11.2. The molecule has 118 valence electrons. The van der Waals surface area contributed by atoms with Crippen LogP contribution in [0.25, 0.3) is 22.3 Å². The van der Waals surface area contributed by atoms with E-state index in [1.54, 1.807) is 0 Å². The van der Waals surface area contributed by atoms with E-state index in [1.165, 1.54) is 11.7 Å². The first-order valence-corrected chi connectivity index (χ1v) is 7.84. The molecule has 0 saturated carbocycles. The van der Waals surface area contributed by atoms with Gasteiger partial charge in [0.15, 0.2) is 10.5 Å². The molecular weight excluding hydrogens is 308 g/mol. The summed E-state index contributed by atoms with van der Waals surface area (Å²) in [7, 11) is 0. The normalized spacial score (nSPS) is 9.87. The second-order valence-corrected chi connectivity index (χ2v) is 4.89. The summed E-state index contributed by atoms with van der Waals surface area (Å²) in [5.74, 6) is 0.0647. The van der Waals surface area contributed by atoms with Crippen molar-refractivity contribution in [1.29, 1.82) is 0 Å². The van der Waals surface area contributed by atoms with Gasteiger partial charge < -0.3 is 4.84 Å². The third kappa shape index (κ3) is 3.63. The largest absolute Gasteiger partial charge is 0.334 e. The average Bonchev–Trinajstić information content (AvgIpc) is 2.59. The first kappa shape index (κ1) is 16.8. The molecule has 0 radical (unpaired) electrons. The summed E-state index contributed by atoms with van der Waals surface area (Å²) in [5.41, 5.74) is 1.60. The monoisotopic (exact) mass is 326 g/mol. The maximum Gasteiger partial charge on any atom is 0.330 e. The Balaban J connectivity index is 0.000000924. The van der Waals surface area contributed by atoms with Crippen LogP contribution in [0.5, 0.6) is 0 Å². The van der Waals surface area contributed by atoms with Gasteiger partial charge in [-0.25, -0.2) is 9.78 Å². The number of carbonyl (C=O) groups excluding carboxylic acids is 1. The quantitative estimate of drug-likeness (QED) is 0.653. The first-order valence-electron chi connectivity index (χ1n) is 7.43. The van der Waals surface area contributed by atoms with Crippen LogP contribution < -0.4 is 4.84 Å².